The quantitative estimate of drug-likeness (QED) is 0.661. The van der Waals surface area contributed by atoms with E-state index in [1.165, 1.54) is 0 Å². The lowest BCUT2D eigenvalue weighted by atomic mass is 10.1. The van der Waals surface area contributed by atoms with Crippen LogP contribution in [0.2, 0.25) is 0 Å². The molecule has 0 aromatic heterocycles. The van der Waals surface area contributed by atoms with E-state index in [9.17, 15) is 27.2 Å². The van der Waals surface area contributed by atoms with Crippen molar-refractivity contribution in [2.24, 2.45) is 0 Å². The van der Waals surface area contributed by atoms with E-state index in [0.29, 0.717) is 26.2 Å². The zero-order valence-corrected chi connectivity index (χ0v) is 17.7. The molecule has 1 heterocycles. The normalized spacial score (nSPS) is 16.9. The molecule has 0 bridgehead atoms. The summed E-state index contributed by atoms with van der Waals surface area (Å²) in [5.41, 5.74) is -0.453. The summed E-state index contributed by atoms with van der Waals surface area (Å²) >= 11 is 0. The predicted octanol–water partition coefficient (Wildman–Crippen LogP) is 3.21. The average molecular weight is 452 g/mol. The van der Waals surface area contributed by atoms with E-state index < -0.39 is 47.2 Å². The van der Waals surface area contributed by atoms with Crippen LogP contribution < -0.4 is 10.6 Å². The van der Waals surface area contributed by atoms with Gasteiger partial charge in [-0.25, -0.2) is 17.6 Å². The highest BCUT2D eigenvalue weighted by Gasteiger charge is 2.30. The van der Waals surface area contributed by atoms with Crippen LogP contribution in [-0.4, -0.2) is 59.9 Å². The molecule has 10 heteroatoms. The minimum Gasteiger partial charge on any atom is -0.322 e. The summed E-state index contributed by atoms with van der Waals surface area (Å²) in [6, 6.07) is 4.43. The second-order valence-corrected chi connectivity index (χ2v) is 7.65. The number of hydrogen-bond acceptors (Lipinski definition) is 4. The van der Waals surface area contributed by atoms with Gasteiger partial charge in [0.2, 0.25) is 11.8 Å². The molecule has 0 spiro atoms. The molecule has 1 aliphatic heterocycles. The van der Waals surface area contributed by atoms with Gasteiger partial charge in [0, 0.05) is 38.3 Å². The SMILES string of the molecule is CC(C(=O)Nc1cc(F)ccc1F)N1CCN(C(C)C(=O)Nc2cc(F)ccc2F)CC1. The Morgan fingerprint density at radius 3 is 1.41 bits per heavy atom. The van der Waals surface area contributed by atoms with Crippen LogP contribution in [0.4, 0.5) is 28.9 Å². The summed E-state index contributed by atoms with van der Waals surface area (Å²) < 4.78 is 54.2. The molecule has 6 nitrogen and oxygen atoms in total. The smallest absolute Gasteiger partial charge is 0.241 e. The molecular formula is C22H24F4N4O2. The Hall–Kier alpha value is -2.98. The van der Waals surface area contributed by atoms with Gasteiger partial charge in [0.05, 0.1) is 23.5 Å². The highest BCUT2D eigenvalue weighted by Crippen LogP contribution is 2.19. The van der Waals surface area contributed by atoms with Crippen molar-refractivity contribution in [1.82, 2.24) is 9.80 Å². The van der Waals surface area contributed by atoms with Gasteiger partial charge in [-0.05, 0) is 38.1 Å². The molecule has 0 saturated carbocycles. The molecule has 2 atom stereocenters. The fraction of sp³-hybridized carbons (Fsp3) is 0.364. The fourth-order valence-electron chi connectivity index (χ4n) is 3.50. The van der Waals surface area contributed by atoms with E-state index in [1.54, 1.807) is 13.8 Å². The second-order valence-electron chi connectivity index (χ2n) is 7.65. The van der Waals surface area contributed by atoms with Gasteiger partial charge in [0.25, 0.3) is 0 Å². The first-order valence-corrected chi connectivity index (χ1v) is 10.2. The van der Waals surface area contributed by atoms with Crippen molar-refractivity contribution >= 4 is 23.2 Å². The Labute approximate surface area is 183 Å². The van der Waals surface area contributed by atoms with Gasteiger partial charge in [-0.15, -0.1) is 0 Å². The van der Waals surface area contributed by atoms with Crippen molar-refractivity contribution in [1.29, 1.82) is 0 Å². The van der Waals surface area contributed by atoms with E-state index in [2.05, 4.69) is 10.6 Å². The van der Waals surface area contributed by atoms with Crippen LogP contribution in [0, 0.1) is 23.3 Å². The third-order valence-electron chi connectivity index (χ3n) is 5.58. The summed E-state index contributed by atoms with van der Waals surface area (Å²) in [4.78, 5) is 28.7. The monoisotopic (exact) mass is 452 g/mol. The van der Waals surface area contributed by atoms with Gasteiger partial charge in [-0.1, -0.05) is 0 Å². The summed E-state index contributed by atoms with van der Waals surface area (Å²) in [5, 5.41) is 4.80. The average Bonchev–Trinajstić information content (AvgIpc) is 2.77. The van der Waals surface area contributed by atoms with E-state index >= 15 is 0 Å². The number of halogens is 4. The molecule has 172 valence electrons. The molecule has 3 rings (SSSR count). The molecule has 2 unspecified atom stereocenters. The Kier molecular flexibility index (Phi) is 7.47. The fourth-order valence-corrected chi connectivity index (χ4v) is 3.50. The van der Waals surface area contributed by atoms with E-state index in [4.69, 9.17) is 0 Å². The van der Waals surface area contributed by atoms with Crippen LogP contribution in [-0.2, 0) is 9.59 Å². The van der Waals surface area contributed by atoms with Gasteiger partial charge in [-0.3, -0.25) is 19.4 Å². The van der Waals surface area contributed by atoms with Crippen molar-refractivity contribution < 1.29 is 27.2 Å². The number of benzene rings is 2. The van der Waals surface area contributed by atoms with Gasteiger partial charge in [0.1, 0.15) is 23.3 Å². The molecule has 2 amide bonds. The van der Waals surface area contributed by atoms with Crippen LogP contribution in [0.25, 0.3) is 0 Å². The van der Waals surface area contributed by atoms with Crippen LogP contribution in [0.15, 0.2) is 36.4 Å². The lowest BCUT2D eigenvalue weighted by molar-refractivity contribution is -0.124. The number of amides is 2. The molecule has 1 saturated heterocycles. The Balaban J connectivity index is 1.53. The third kappa shape index (κ3) is 5.63. The second kappa shape index (κ2) is 10.1. The van der Waals surface area contributed by atoms with E-state index in [0.717, 1.165) is 36.4 Å². The number of anilines is 2. The van der Waals surface area contributed by atoms with Crippen LogP contribution in [0.3, 0.4) is 0 Å². The van der Waals surface area contributed by atoms with Gasteiger partial charge >= 0.3 is 0 Å². The zero-order valence-electron chi connectivity index (χ0n) is 17.7. The van der Waals surface area contributed by atoms with Crippen molar-refractivity contribution in [3.8, 4) is 0 Å². The lowest BCUT2D eigenvalue weighted by Crippen LogP contribution is -2.56. The Morgan fingerprint density at radius 1 is 0.719 bits per heavy atom. The lowest BCUT2D eigenvalue weighted by Gasteiger charge is -2.39. The summed E-state index contributed by atoms with van der Waals surface area (Å²) in [5.74, 6) is -3.73. The van der Waals surface area contributed by atoms with Crippen molar-refractivity contribution in [2.75, 3.05) is 36.8 Å². The first-order valence-electron chi connectivity index (χ1n) is 10.2. The maximum atomic E-state index is 13.8. The summed E-state index contributed by atoms with van der Waals surface area (Å²) in [6.07, 6.45) is 0. The number of rotatable bonds is 6. The molecule has 0 radical (unpaired) electrons. The molecule has 2 N–H and O–H groups in total. The number of nitrogens with zero attached hydrogens (tertiary/aromatic N) is 2. The van der Waals surface area contributed by atoms with Crippen LogP contribution >= 0.6 is 0 Å². The van der Waals surface area contributed by atoms with Gasteiger partial charge in [-0.2, -0.15) is 0 Å². The Morgan fingerprint density at radius 2 is 1.06 bits per heavy atom. The summed E-state index contributed by atoms with van der Waals surface area (Å²) in [7, 11) is 0. The molecule has 0 aliphatic carbocycles. The first-order chi connectivity index (χ1) is 15.2. The van der Waals surface area contributed by atoms with E-state index in [1.807, 2.05) is 9.80 Å². The minimum atomic E-state index is -0.730. The molecule has 2 aromatic carbocycles. The maximum absolute atomic E-state index is 13.8. The van der Waals surface area contributed by atoms with Gasteiger partial charge < -0.3 is 10.6 Å². The Bertz CT molecular complexity index is 916. The van der Waals surface area contributed by atoms with Crippen LogP contribution in [0.1, 0.15) is 13.8 Å². The largest absolute Gasteiger partial charge is 0.322 e. The van der Waals surface area contributed by atoms with Crippen LogP contribution in [0.5, 0.6) is 0 Å². The van der Waals surface area contributed by atoms with Gasteiger partial charge in [0.15, 0.2) is 0 Å². The first kappa shape index (κ1) is 23.7. The van der Waals surface area contributed by atoms with Crippen molar-refractivity contribution in [3.05, 3.63) is 59.7 Å². The zero-order chi connectivity index (χ0) is 23.4. The highest BCUT2D eigenvalue weighted by atomic mass is 19.1. The van der Waals surface area contributed by atoms with Crippen molar-refractivity contribution in [3.63, 3.8) is 0 Å². The number of hydrogen-bond donors (Lipinski definition) is 2. The number of piperazine rings is 1. The molecule has 1 fully saturated rings. The summed E-state index contributed by atoms with van der Waals surface area (Å²) in [6.45, 7) is 5.12. The predicted molar refractivity (Wildman–Crippen MR) is 112 cm³/mol. The molecule has 1 aliphatic rings. The van der Waals surface area contributed by atoms with E-state index in [-0.39, 0.29) is 11.4 Å². The number of carbonyl (C=O) groups is 2. The standard InChI is InChI=1S/C22H24F4N4O2/c1-13(21(31)27-19-11-15(23)3-5-17(19)25)29-7-9-30(10-8-29)14(2)22(32)28-20-12-16(24)4-6-18(20)26/h3-6,11-14H,7-10H2,1-2H3,(H,27,31)(H,28,32). The molecular weight excluding hydrogens is 428 g/mol. The van der Waals surface area contributed by atoms with Crippen molar-refractivity contribution in [2.45, 2.75) is 25.9 Å². The third-order valence-corrected chi connectivity index (χ3v) is 5.58. The number of nitrogens with one attached hydrogen (secondary N) is 2. The minimum absolute atomic E-state index is 0.227. The number of carbonyl (C=O) groups excluding carboxylic acids is 2. The maximum Gasteiger partial charge on any atom is 0.241 e. The highest BCUT2D eigenvalue weighted by molar-refractivity contribution is 5.95. The molecule has 32 heavy (non-hydrogen) atoms. The molecule has 2 aromatic rings. The topological polar surface area (TPSA) is 64.7 Å².